The summed E-state index contributed by atoms with van der Waals surface area (Å²) in [5.41, 5.74) is 3.14. The van der Waals surface area contributed by atoms with Gasteiger partial charge in [0.25, 0.3) is 0 Å². The molecule has 0 fully saturated rings. The Morgan fingerprint density at radius 1 is 1.07 bits per heavy atom. The number of benzene rings is 2. The van der Waals surface area contributed by atoms with E-state index in [1.165, 1.54) is 14.0 Å². The molecule has 0 aliphatic heterocycles. The minimum atomic E-state index is -0.565. The number of carbonyl (C=O) groups is 3. The number of Topliss-reactive ketones (excluding diaryl/α,β-unsaturated/α-hetero) is 2. The first-order chi connectivity index (χ1) is 13.4. The topological polar surface area (TPSA) is 85.5 Å². The number of aryl methyl sites for hydroxylation is 1. The molecule has 0 saturated heterocycles. The van der Waals surface area contributed by atoms with Gasteiger partial charge >= 0.3 is 5.97 Å². The number of fused-ring (bicyclic) bond motifs is 1. The molecular formula is C22H21NO5. The smallest absolute Gasteiger partial charge is 0.310 e. The van der Waals surface area contributed by atoms with Gasteiger partial charge in [0.2, 0.25) is 5.78 Å². The molecule has 1 N–H and O–H groups in total. The van der Waals surface area contributed by atoms with Crippen molar-refractivity contribution >= 4 is 28.4 Å². The van der Waals surface area contributed by atoms with Crippen LogP contribution in [0.3, 0.4) is 0 Å². The van der Waals surface area contributed by atoms with Gasteiger partial charge < -0.3 is 14.5 Å². The van der Waals surface area contributed by atoms with Crippen LogP contribution in [0.2, 0.25) is 0 Å². The summed E-state index contributed by atoms with van der Waals surface area (Å²) in [6, 6.07) is 12.4. The highest BCUT2D eigenvalue weighted by atomic mass is 16.5. The number of hydrogen-bond acceptors (Lipinski definition) is 5. The number of ether oxygens (including phenoxy) is 2. The fraction of sp³-hybridized carbons (Fsp3) is 0.227. The van der Waals surface area contributed by atoms with Crippen LogP contribution in [0.15, 0.2) is 42.5 Å². The summed E-state index contributed by atoms with van der Waals surface area (Å²) < 4.78 is 10.4. The van der Waals surface area contributed by atoms with Gasteiger partial charge in [-0.1, -0.05) is 18.2 Å². The molecule has 0 radical (unpaired) electrons. The molecule has 0 unspecified atom stereocenters. The van der Waals surface area contributed by atoms with Gasteiger partial charge in [0.1, 0.15) is 5.75 Å². The molecule has 1 heterocycles. The summed E-state index contributed by atoms with van der Waals surface area (Å²) in [6.45, 7) is 2.91. The standard InChI is InChI=1S/C22H21NO5/c1-13-22(17-6-4-5-7-18(17)23-13)19(25)12-28-21(26)11-16-10-15(14(2)24)8-9-20(16)27-3/h4-10,23H,11-12H2,1-3H3. The molecule has 0 aliphatic rings. The van der Waals surface area contributed by atoms with Gasteiger partial charge in [0, 0.05) is 33.3 Å². The van der Waals surface area contributed by atoms with E-state index in [1.807, 2.05) is 31.2 Å². The first kappa shape index (κ1) is 19.4. The molecule has 0 aliphatic carbocycles. The van der Waals surface area contributed by atoms with E-state index in [4.69, 9.17) is 9.47 Å². The summed E-state index contributed by atoms with van der Waals surface area (Å²) in [4.78, 5) is 39.6. The number of hydrogen-bond donors (Lipinski definition) is 1. The number of nitrogens with one attached hydrogen (secondary N) is 1. The van der Waals surface area contributed by atoms with Gasteiger partial charge in [-0.2, -0.15) is 0 Å². The Morgan fingerprint density at radius 2 is 1.82 bits per heavy atom. The largest absolute Gasteiger partial charge is 0.496 e. The lowest BCUT2D eigenvalue weighted by Crippen LogP contribution is -2.16. The van der Waals surface area contributed by atoms with Gasteiger partial charge in [-0.25, -0.2) is 0 Å². The van der Waals surface area contributed by atoms with E-state index in [1.54, 1.807) is 18.2 Å². The molecule has 2 aromatic carbocycles. The second-order valence-corrected chi connectivity index (χ2v) is 6.51. The van der Waals surface area contributed by atoms with Crippen molar-refractivity contribution in [2.45, 2.75) is 20.3 Å². The summed E-state index contributed by atoms with van der Waals surface area (Å²) in [7, 11) is 1.49. The van der Waals surface area contributed by atoms with Crippen molar-refractivity contribution in [3.63, 3.8) is 0 Å². The van der Waals surface area contributed by atoms with Crippen LogP contribution in [-0.4, -0.2) is 36.2 Å². The Morgan fingerprint density at radius 3 is 2.54 bits per heavy atom. The van der Waals surface area contributed by atoms with Crippen LogP contribution in [0.25, 0.3) is 10.9 Å². The van der Waals surface area contributed by atoms with Crippen LogP contribution in [-0.2, 0) is 16.0 Å². The number of aromatic nitrogens is 1. The summed E-state index contributed by atoms with van der Waals surface area (Å²) in [5, 5.41) is 0.803. The fourth-order valence-corrected chi connectivity index (χ4v) is 3.20. The average Bonchev–Trinajstić information content (AvgIpc) is 3.01. The Kier molecular flexibility index (Phi) is 5.59. The molecule has 3 aromatic rings. The number of methoxy groups -OCH3 is 1. The van der Waals surface area contributed by atoms with Crippen molar-refractivity contribution in [3.05, 3.63) is 64.8 Å². The lowest BCUT2D eigenvalue weighted by atomic mass is 10.0. The molecule has 6 nitrogen and oxygen atoms in total. The number of carbonyl (C=O) groups excluding carboxylic acids is 3. The number of rotatable bonds is 7. The maximum absolute atomic E-state index is 12.6. The SMILES string of the molecule is COc1ccc(C(C)=O)cc1CC(=O)OCC(=O)c1c(C)[nH]c2ccccc12. The fourth-order valence-electron chi connectivity index (χ4n) is 3.20. The van der Waals surface area contributed by atoms with E-state index >= 15 is 0 Å². The third kappa shape index (κ3) is 3.96. The monoisotopic (exact) mass is 379 g/mol. The van der Waals surface area contributed by atoms with E-state index in [9.17, 15) is 14.4 Å². The molecule has 1 aromatic heterocycles. The number of H-pyrrole nitrogens is 1. The summed E-state index contributed by atoms with van der Waals surface area (Å²) in [6.07, 6.45) is -0.0928. The summed E-state index contributed by atoms with van der Waals surface area (Å²) >= 11 is 0. The van der Waals surface area contributed by atoms with Crippen LogP contribution in [0, 0.1) is 6.92 Å². The number of esters is 1. The van der Waals surface area contributed by atoms with Crippen LogP contribution in [0.4, 0.5) is 0 Å². The predicted molar refractivity (Wildman–Crippen MR) is 105 cm³/mol. The highest BCUT2D eigenvalue weighted by molar-refractivity contribution is 6.10. The Labute approximate surface area is 162 Å². The molecule has 0 saturated carbocycles. The van der Waals surface area contributed by atoms with E-state index in [0.717, 1.165) is 16.6 Å². The second kappa shape index (κ2) is 8.08. The zero-order valence-electron chi connectivity index (χ0n) is 16.0. The van der Waals surface area contributed by atoms with E-state index in [0.29, 0.717) is 22.4 Å². The Balaban J connectivity index is 1.71. The first-order valence-electron chi connectivity index (χ1n) is 8.84. The van der Waals surface area contributed by atoms with Gasteiger partial charge in [0.05, 0.1) is 13.5 Å². The molecule has 6 heteroatoms. The van der Waals surface area contributed by atoms with Crippen molar-refractivity contribution in [2.24, 2.45) is 0 Å². The van der Waals surface area contributed by atoms with Gasteiger partial charge in [-0.3, -0.25) is 14.4 Å². The normalized spacial score (nSPS) is 10.7. The highest BCUT2D eigenvalue weighted by Gasteiger charge is 2.18. The lowest BCUT2D eigenvalue weighted by molar-refractivity contribution is -0.141. The second-order valence-electron chi connectivity index (χ2n) is 6.51. The van der Waals surface area contributed by atoms with Gasteiger partial charge in [-0.05, 0) is 38.1 Å². The van der Waals surface area contributed by atoms with Crippen molar-refractivity contribution in [2.75, 3.05) is 13.7 Å². The van der Waals surface area contributed by atoms with Crippen LogP contribution in [0.5, 0.6) is 5.75 Å². The lowest BCUT2D eigenvalue weighted by Gasteiger charge is -2.10. The van der Waals surface area contributed by atoms with E-state index in [2.05, 4.69) is 4.98 Å². The van der Waals surface area contributed by atoms with Crippen molar-refractivity contribution < 1.29 is 23.9 Å². The average molecular weight is 379 g/mol. The van der Waals surface area contributed by atoms with Crippen LogP contribution < -0.4 is 4.74 Å². The maximum atomic E-state index is 12.6. The maximum Gasteiger partial charge on any atom is 0.310 e. The minimum absolute atomic E-state index is 0.0928. The zero-order valence-corrected chi connectivity index (χ0v) is 16.0. The third-order valence-corrected chi connectivity index (χ3v) is 4.56. The van der Waals surface area contributed by atoms with Gasteiger partial charge in [-0.15, -0.1) is 0 Å². The number of ketones is 2. The molecular weight excluding hydrogens is 358 g/mol. The first-order valence-corrected chi connectivity index (χ1v) is 8.84. The van der Waals surface area contributed by atoms with Crippen molar-refractivity contribution in [3.8, 4) is 5.75 Å². The highest BCUT2D eigenvalue weighted by Crippen LogP contribution is 2.23. The Hall–Kier alpha value is -3.41. The summed E-state index contributed by atoms with van der Waals surface area (Å²) in [5.74, 6) is -0.458. The van der Waals surface area contributed by atoms with E-state index < -0.39 is 5.97 Å². The molecule has 0 amide bonds. The van der Waals surface area contributed by atoms with E-state index in [-0.39, 0.29) is 24.6 Å². The molecule has 0 bridgehead atoms. The zero-order chi connectivity index (χ0) is 20.3. The van der Waals surface area contributed by atoms with Crippen LogP contribution in [0.1, 0.15) is 38.9 Å². The number of para-hydroxylation sites is 1. The minimum Gasteiger partial charge on any atom is -0.496 e. The van der Waals surface area contributed by atoms with Crippen molar-refractivity contribution in [1.82, 2.24) is 4.98 Å². The molecule has 0 atom stereocenters. The predicted octanol–water partition coefficient (Wildman–Crippen LogP) is 3.66. The van der Waals surface area contributed by atoms with Crippen molar-refractivity contribution in [1.29, 1.82) is 0 Å². The molecule has 144 valence electrons. The molecule has 3 rings (SSSR count). The molecule has 0 spiro atoms. The Bertz CT molecular complexity index is 1060. The number of aromatic amines is 1. The van der Waals surface area contributed by atoms with Crippen LogP contribution >= 0.6 is 0 Å². The van der Waals surface area contributed by atoms with Gasteiger partial charge in [0.15, 0.2) is 12.4 Å². The third-order valence-electron chi connectivity index (χ3n) is 4.56. The molecule has 28 heavy (non-hydrogen) atoms. The quantitative estimate of drug-likeness (QED) is 0.500.